The van der Waals surface area contributed by atoms with Crippen LogP contribution in [0.5, 0.6) is 0 Å². The van der Waals surface area contributed by atoms with Crippen LogP contribution < -0.4 is 10.6 Å². The Labute approximate surface area is 101 Å². The highest BCUT2D eigenvalue weighted by Gasteiger charge is 2.25. The van der Waals surface area contributed by atoms with E-state index in [0.717, 1.165) is 25.8 Å². The summed E-state index contributed by atoms with van der Waals surface area (Å²) in [4.78, 5) is 12.0. The second-order valence-electron chi connectivity index (χ2n) is 4.40. The molecule has 17 heavy (non-hydrogen) atoms. The maximum Gasteiger partial charge on any atom is 0.242 e. The SMILES string of the molecule is CCC1CCNC(C(=O)Nc2cccnn2)C1. The summed E-state index contributed by atoms with van der Waals surface area (Å²) in [6.07, 6.45) is 4.78. The molecule has 1 aliphatic heterocycles. The zero-order valence-electron chi connectivity index (χ0n) is 10.0. The predicted molar refractivity (Wildman–Crippen MR) is 65.5 cm³/mol. The summed E-state index contributed by atoms with van der Waals surface area (Å²) in [6, 6.07) is 3.40. The van der Waals surface area contributed by atoms with Crippen LogP contribution in [0.2, 0.25) is 0 Å². The first-order chi connectivity index (χ1) is 8.29. The standard InChI is InChI=1S/C12H18N4O/c1-2-9-5-7-13-10(8-9)12(17)15-11-4-3-6-14-16-11/h3-4,6,9-10,13H,2,5,7-8H2,1H3,(H,15,16,17). The molecule has 0 aromatic carbocycles. The Kier molecular flexibility index (Phi) is 4.03. The van der Waals surface area contributed by atoms with Crippen molar-refractivity contribution < 1.29 is 4.79 Å². The van der Waals surface area contributed by atoms with Gasteiger partial charge in [0.15, 0.2) is 5.82 Å². The number of hydrogen-bond donors (Lipinski definition) is 2. The first-order valence-corrected chi connectivity index (χ1v) is 6.11. The van der Waals surface area contributed by atoms with Crippen molar-refractivity contribution in [2.45, 2.75) is 32.2 Å². The Morgan fingerprint density at radius 1 is 1.65 bits per heavy atom. The summed E-state index contributed by atoms with van der Waals surface area (Å²) in [6.45, 7) is 3.09. The average Bonchev–Trinajstić information content (AvgIpc) is 2.40. The zero-order chi connectivity index (χ0) is 12.1. The smallest absolute Gasteiger partial charge is 0.242 e. The number of piperidine rings is 1. The molecule has 2 rings (SSSR count). The molecule has 2 heterocycles. The highest BCUT2D eigenvalue weighted by Crippen LogP contribution is 2.19. The third-order valence-corrected chi connectivity index (χ3v) is 3.23. The molecular formula is C12H18N4O. The van der Waals surface area contributed by atoms with Crippen molar-refractivity contribution in [3.05, 3.63) is 18.3 Å². The molecule has 0 bridgehead atoms. The third-order valence-electron chi connectivity index (χ3n) is 3.23. The van der Waals surface area contributed by atoms with E-state index in [2.05, 4.69) is 27.8 Å². The van der Waals surface area contributed by atoms with Crippen LogP contribution >= 0.6 is 0 Å². The predicted octanol–water partition coefficient (Wildman–Crippen LogP) is 1.19. The van der Waals surface area contributed by atoms with Gasteiger partial charge in [-0.1, -0.05) is 13.3 Å². The molecule has 0 spiro atoms. The molecule has 1 aromatic heterocycles. The van der Waals surface area contributed by atoms with Gasteiger partial charge in [-0.15, -0.1) is 5.10 Å². The molecular weight excluding hydrogens is 216 g/mol. The minimum Gasteiger partial charge on any atom is -0.308 e. The van der Waals surface area contributed by atoms with E-state index in [4.69, 9.17) is 0 Å². The summed E-state index contributed by atoms with van der Waals surface area (Å²) >= 11 is 0. The van der Waals surface area contributed by atoms with Crippen LogP contribution in [0.4, 0.5) is 5.82 Å². The minimum absolute atomic E-state index is 0.0105. The van der Waals surface area contributed by atoms with Crippen molar-refractivity contribution in [2.24, 2.45) is 5.92 Å². The van der Waals surface area contributed by atoms with E-state index in [9.17, 15) is 4.79 Å². The van der Waals surface area contributed by atoms with E-state index in [1.165, 1.54) is 0 Å². The number of nitrogens with one attached hydrogen (secondary N) is 2. The van der Waals surface area contributed by atoms with Gasteiger partial charge in [-0.05, 0) is 37.4 Å². The first-order valence-electron chi connectivity index (χ1n) is 6.11. The quantitative estimate of drug-likeness (QED) is 0.824. The van der Waals surface area contributed by atoms with Gasteiger partial charge in [-0.2, -0.15) is 5.10 Å². The Bertz CT molecular complexity index is 368. The van der Waals surface area contributed by atoms with E-state index in [1.807, 2.05) is 0 Å². The number of amides is 1. The molecule has 1 amide bonds. The Morgan fingerprint density at radius 2 is 2.53 bits per heavy atom. The molecule has 0 saturated carbocycles. The lowest BCUT2D eigenvalue weighted by molar-refractivity contribution is -0.119. The van der Waals surface area contributed by atoms with Crippen LogP contribution in [-0.4, -0.2) is 28.7 Å². The van der Waals surface area contributed by atoms with Gasteiger partial charge in [0.25, 0.3) is 0 Å². The van der Waals surface area contributed by atoms with Crippen LogP contribution in [0.25, 0.3) is 0 Å². The lowest BCUT2D eigenvalue weighted by Gasteiger charge is -2.28. The monoisotopic (exact) mass is 234 g/mol. The van der Waals surface area contributed by atoms with Crippen LogP contribution in [-0.2, 0) is 4.79 Å². The third kappa shape index (κ3) is 3.23. The second-order valence-corrected chi connectivity index (χ2v) is 4.40. The van der Waals surface area contributed by atoms with Gasteiger partial charge in [0.2, 0.25) is 5.91 Å². The maximum atomic E-state index is 12.0. The van der Waals surface area contributed by atoms with Crippen molar-refractivity contribution in [3.8, 4) is 0 Å². The fraction of sp³-hybridized carbons (Fsp3) is 0.583. The average molecular weight is 234 g/mol. The molecule has 1 fully saturated rings. The fourth-order valence-corrected chi connectivity index (χ4v) is 2.15. The van der Waals surface area contributed by atoms with Crippen LogP contribution in [0, 0.1) is 5.92 Å². The van der Waals surface area contributed by atoms with E-state index < -0.39 is 0 Å². The van der Waals surface area contributed by atoms with Gasteiger partial charge >= 0.3 is 0 Å². The zero-order valence-corrected chi connectivity index (χ0v) is 10.0. The second kappa shape index (κ2) is 5.72. The summed E-state index contributed by atoms with van der Waals surface area (Å²) < 4.78 is 0. The highest BCUT2D eigenvalue weighted by molar-refractivity contribution is 5.94. The highest BCUT2D eigenvalue weighted by atomic mass is 16.2. The molecule has 0 radical (unpaired) electrons. The van der Waals surface area contributed by atoms with Crippen LogP contribution in [0.1, 0.15) is 26.2 Å². The molecule has 1 aliphatic rings. The van der Waals surface area contributed by atoms with Gasteiger partial charge < -0.3 is 10.6 Å². The van der Waals surface area contributed by atoms with E-state index in [-0.39, 0.29) is 11.9 Å². The number of carbonyl (C=O) groups is 1. The molecule has 5 nitrogen and oxygen atoms in total. The number of anilines is 1. The lowest BCUT2D eigenvalue weighted by Crippen LogP contribution is -2.46. The van der Waals surface area contributed by atoms with E-state index in [1.54, 1.807) is 18.3 Å². The van der Waals surface area contributed by atoms with Crippen molar-refractivity contribution >= 4 is 11.7 Å². The van der Waals surface area contributed by atoms with Gasteiger partial charge in [0.1, 0.15) is 0 Å². The van der Waals surface area contributed by atoms with Gasteiger partial charge in [-0.3, -0.25) is 4.79 Å². The van der Waals surface area contributed by atoms with Gasteiger partial charge in [-0.25, -0.2) is 0 Å². The van der Waals surface area contributed by atoms with Gasteiger partial charge in [0.05, 0.1) is 6.04 Å². The summed E-state index contributed by atoms with van der Waals surface area (Å²) in [5.74, 6) is 1.15. The van der Waals surface area contributed by atoms with Gasteiger partial charge in [0, 0.05) is 6.20 Å². The Morgan fingerprint density at radius 3 is 3.24 bits per heavy atom. The van der Waals surface area contributed by atoms with Crippen molar-refractivity contribution in [1.29, 1.82) is 0 Å². The molecule has 92 valence electrons. The molecule has 2 atom stereocenters. The molecule has 2 unspecified atom stereocenters. The maximum absolute atomic E-state index is 12.0. The summed E-state index contributed by atoms with van der Waals surface area (Å²) in [5.41, 5.74) is 0. The summed E-state index contributed by atoms with van der Waals surface area (Å²) in [7, 11) is 0. The number of rotatable bonds is 3. The van der Waals surface area contributed by atoms with E-state index >= 15 is 0 Å². The molecule has 0 aliphatic carbocycles. The lowest BCUT2D eigenvalue weighted by atomic mass is 9.90. The van der Waals surface area contributed by atoms with Crippen molar-refractivity contribution in [2.75, 3.05) is 11.9 Å². The molecule has 1 saturated heterocycles. The summed E-state index contributed by atoms with van der Waals surface area (Å²) in [5, 5.41) is 13.6. The molecule has 1 aromatic rings. The number of carbonyl (C=O) groups excluding carboxylic acids is 1. The van der Waals surface area contributed by atoms with Crippen LogP contribution in [0.3, 0.4) is 0 Å². The number of nitrogens with zero attached hydrogens (tertiary/aromatic N) is 2. The molecule has 2 N–H and O–H groups in total. The largest absolute Gasteiger partial charge is 0.308 e. The van der Waals surface area contributed by atoms with Crippen molar-refractivity contribution in [1.82, 2.24) is 15.5 Å². The van der Waals surface area contributed by atoms with Crippen molar-refractivity contribution in [3.63, 3.8) is 0 Å². The fourth-order valence-electron chi connectivity index (χ4n) is 2.15. The molecule has 5 heteroatoms. The minimum atomic E-state index is -0.101. The van der Waals surface area contributed by atoms with E-state index in [0.29, 0.717) is 11.7 Å². The first kappa shape index (κ1) is 12.0. The Hall–Kier alpha value is -1.49. The van der Waals surface area contributed by atoms with Crippen LogP contribution in [0.15, 0.2) is 18.3 Å². The topological polar surface area (TPSA) is 66.9 Å². The number of hydrogen-bond acceptors (Lipinski definition) is 4. The number of aromatic nitrogens is 2. The normalized spacial score (nSPS) is 24.3. The Balaban J connectivity index is 1.91.